The van der Waals surface area contributed by atoms with E-state index in [1.165, 1.54) is 48.5 Å². The molecule has 3 nitrogen and oxygen atoms in total. The second-order valence-electron chi connectivity index (χ2n) is 13.3. The molecule has 0 saturated heterocycles. The minimum absolute atomic E-state index is 0. The fraction of sp³-hybridized carbons (Fsp3) is 0. The van der Waals surface area contributed by atoms with E-state index in [1.807, 2.05) is 24.5 Å². The molecule has 0 aliphatic heterocycles. The minimum Gasteiger partial charge on any atom is -0.313 e. The van der Waals surface area contributed by atoms with Gasteiger partial charge in [-0.25, -0.2) is 10.5 Å². The molecule has 244 valence electrons. The van der Waals surface area contributed by atoms with Crippen LogP contribution in [0.3, 0.4) is 0 Å². The van der Waals surface area contributed by atoms with Gasteiger partial charge in [-0.15, -0.1) is 17.5 Å². The third-order valence-corrected chi connectivity index (χ3v) is 10.4. The Kier molecular flexibility index (Phi) is 7.06. The molecule has 0 amide bonds. The van der Waals surface area contributed by atoms with Crippen LogP contribution in [0.15, 0.2) is 164 Å². The first-order chi connectivity index (χ1) is 25.2. The van der Waals surface area contributed by atoms with E-state index in [0.717, 1.165) is 55.0 Å². The zero-order chi connectivity index (χ0) is 33.5. The van der Waals surface area contributed by atoms with Crippen molar-refractivity contribution >= 4 is 86.6 Å². The average Bonchev–Trinajstić information content (AvgIpc) is 3.53. The summed E-state index contributed by atoms with van der Waals surface area (Å²) < 4.78 is 2.21. The molecule has 52 heavy (non-hydrogen) atoms. The van der Waals surface area contributed by atoms with Crippen molar-refractivity contribution in [1.29, 1.82) is 0 Å². The van der Waals surface area contributed by atoms with Gasteiger partial charge in [0.25, 0.3) is 0 Å². The van der Waals surface area contributed by atoms with E-state index in [2.05, 4.69) is 156 Å². The first-order valence-electron chi connectivity index (χ1n) is 17.2. The second-order valence-corrected chi connectivity index (χ2v) is 13.3. The van der Waals surface area contributed by atoms with E-state index in [4.69, 9.17) is 9.97 Å². The van der Waals surface area contributed by atoms with Gasteiger partial charge < -0.3 is 4.57 Å². The van der Waals surface area contributed by atoms with Crippen LogP contribution in [-0.2, 0) is 21.1 Å². The summed E-state index contributed by atoms with van der Waals surface area (Å²) >= 11 is 0. The number of rotatable bonds is 2. The summed E-state index contributed by atoms with van der Waals surface area (Å²) in [5.41, 5.74) is 4.90. The summed E-state index contributed by atoms with van der Waals surface area (Å²) in [6, 6.07) is 62.1. The molecule has 0 atom stereocenters. The van der Waals surface area contributed by atoms with Crippen molar-refractivity contribution in [3.63, 3.8) is 0 Å². The smallest absolute Gasteiger partial charge is 0.313 e. The zero-order valence-electron chi connectivity index (χ0n) is 27.7. The zero-order valence-corrected chi connectivity index (χ0v) is 30.0. The van der Waals surface area contributed by atoms with Crippen molar-refractivity contribution in [2.24, 2.45) is 0 Å². The SMILES string of the molecule is [Pt+2].[c-]1c(-c2[c-]c3c(cc2)c2ccccc2n3-c2ccccn2)cc2cc1c1cc3c(cccc3c3cccc(c3)c3ccc4cccc2c4c3)cn1. The Labute approximate surface area is 313 Å². The fourth-order valence-electron chi connectivity index (χ4n) is 7.92. The molecule has 11 aromatic rings. The number of para-hydroxylation sites is 1. The standard InChI is InChI=1S/C48H27N3.Pt/c1-2-15-46-41(12-1)42-20-19-33(27-47(42)51(46)48-16-3-4-21-49-48)36-23-37-25-38(24-36)45-28-44-35(29-50-45)11-7-13-39(44)34-10-5-9-31(22-34)32-18-17-30-8-6-14-40(37)43(30)26-32;/h1-23,25-26,28-29H;/q-2;+2. The summed E-state index contributed by atoms with van der Waals surface area (Å²) in [6.45, 7) is 0. The van der Waals surface area contributed by atoms with Crippen LogP contribution in [0.25, 0.3) is 104 Å². The van der Waals surface area contributed by atoms with Gasteiger partial charge >= 0.3 is 21.1 Å². The first-order valence-corrected chi connectivity index (χ1v) is 17.2. The van der Waals surface area contributed by atoms with Gasteiger partial charge in [0.05, 0.1) is 0 Å². The quantitative estimate of drug-likeness (QED) is 0.162. The van der Waals surface area contributed by atoms with Crippen LogP contribution in [0, 0.1) is 12.1 Å². The van der Waals surface area contributed by atoms with E-state index in [9.17, 15) is 0 Å². The normalized spacial score (nSPS) is 11.7. The van der Waals surface area contributed by atoms with Crippen molar-refractivity contribution < 1.29 is 21.1 Å². The number of nitrogens with zero attached hydrogens (tertiary/aromatic N) is 3. The summed E-state index contributed by atoms with van der Waals surface area (Å²) in [7, 11) is 0. The Balaban J connectivity index is 0.00000338. The van der Waals surface area contributed by atoms with Crippen LogP contribution in [-0.4, -0.2) is 14.5 Å². The molecule has 0 spiro atoms. The van der Waals surface area contributed by atoms with Crippen molar-refractivity contribution in [2.75, 3.05) is 0 Å². The Morgan fingerprint density at radius 1 is 0.423 bits per heavy atom. The van der Waals surface area contributed by atoms with Gasteiger partial charge in [0.2, 0.25) is 0 Å². The van der Waals surface area contributed by atoms with Crippen LogP contribution in [0.4, 0.5) is 0 Å². The van der Waals surface area contributed by atoms with Gasteiger partial charge in [0, 0.05) is 23.4 Å². The topological polar surface area (TPSA) is 30.7 Å². The third-order valence-electron chi connectivity index (χ3n) is 10.4. The van der Waals surface area contributed by atoms with Crippen LogP contribution in [0.1, 0.15) is 0 Å². The molecule has 8 bridgehead atoms. The molecule has 0 radical (unpaired) electrons. The first kappa shape index (κ1) is 30.7. The third kappa shape index (κ3) is 4.77. The fourth-order valence-corrected chi connectivity index (χ4v) is 7.92. The van der Waals surface area contributed by atoms with E-state index in [0.29, 0.717) is 0 Å². The van der Waals surface area contributed by atoms with Crippen molar-refractivity contribution in [3.05, 3.63) is 176 Å². The van der Waals surface area contributed by atoms with E-state index in [-0.39, 0.29) is 21.1 Å². The summed E-state index contributed by atoms with van der Waals surface area (Å²) in [4.78, 5) is 9.78. The maximum Gasteiger partial charge on any atom is 2.00 e. The van der Waals surface area contributed by atoms with Gasteiger partial charge in [0.15, 0.2) is 0 Å². The molecule has 11 rings (SSSR count). The van der Waals surface area contributed by atoms with Gasteiger partial charge in [-0.3, -0.25) is 4.98 Å². The maximum absolute atomic E-state index is 5.03. The van der Waals surface area contributed by atoms with Crippen LogP contribution >= 0.6 is 0 Å². The van der Waals surface area contributed by atoms with Gasteiger partial charge in [-0.05, 0) is 89.7 Å². The number of aromatic nitrogens is 3. The van der Waals surface area contributed by atoms with Crippen molar-refractivity contribution in [1.82, 2.24) is 14.5 Å². The van der Waals surface area contributed by atoms with Crippen LogP contribution in [0.2, 0.25) is 0 Å². The summed E-state index contributed by atoms with van der Waals surface area (Å²) in [5, 5.41) is 15.0. The van der Waals surface area contributed by atoms with Gasteiger partial charge in [0.1, 0.15) is 5.82 Å². The molecule has 0 unspecified atom stereocenters. The molecular weight excluding hydrogens is 814 g/mol. The number of hydrogen-bond acceptors (Lipinski definition) is 2. The number of fused-ring (bicyclic) bond motifs is 13. The molecule has 0 fully saturated rings. The predicted octanol–water partition coefficient (Wildman–Crippen LogP) is 12.3. The Morgan fingerprint density at radius 2 is 1.15 bits per heavy atom. The average molecular weight is 841 g/mol. The summed E-state index contributed by atoms with van der Waals surface area (Å²) in [6.07, 6.45) is 3.84. The summed E-state index contributed by atoms with van der Waals surface area (Å²) in [5.74, 6) is 0.865. The molecule has 0 aliphatic rings. The number of pyridine rings is 2. The van der Waals surface area contributed by atoms with Crippen molar-refractivity contribution in [2.45, 2.75) is 0 Å². The molecule has 4 heteroatoms. The monoisotopic (exact) mass is 840 g/mol. The second kappa shape index (κ2) is 12.0. The number of hydrogen-bond donors (Lipinski definition) is 0. The van der Waals surface area contributed by atoms with E-state index >= 15 is 0 Å². The Bertz CT molecular complexity index is 3260. The molecule has 3 aromatic heterocycles. The number of benzene rings is 7. The molecule has 0 aliphatic carbocycles. The Morgan fingerprint density at radius 3 is 2.06 bits per heavy atom. The minimum atomic E-state index is 0. The molecule has 8 aromatic carbocycles. The molecule has 3 heterocycles. The van der Waals surface area contributed by atoms with Crippen LogP contribution < -0.4 is 0 Å². The van der Waals surface area contributed by atoms with E-state index < -0.39 is 0 Å². The molecule has 0 N–H and O–H groups in total. The predicted molar refractivity (Wildman–Crippen MR) is 213 cm³/mol. The van der Waals surface area contributed by atoms with Gasteiger partial charge in [-0.1, -0.05) is 108 Å². The van der Waals surface area contributed by atoms with Crippen LogP contribution in [0.5, 0.6) is 0 Å². The molecule has 0 saturated carbocycles. The molecular formula is C48H27N3Pt. The van der Waals surface area contributed by atoms with Crippen molar-refractivity contribution in [3.8, 4) is 16.9 Å². The maximum atomic E-state index is 5.03. The largest absolute Gasteiger partial charge is 2.00 e. The Hall–Kier alpha value is -6.15. The van der Waals surface area contributed by atoms with Gasteiger partial charge in [-0.2, -0.15) is 29.8 Å². The van der Waals surface area contributed by atoms with E-state index in [1.54, 1.807) is 0 Å².